The van der Waals surface area contributed by atoms with E-state index < -0.39 is 0 Å². The van der Waals surface area contributed by atoms with Crippen LogP contribution >= 0.6 is 23.1 Å². The number of amides is 1. The first-order valence-corrected chi connectivity index (χ1v) is 10.7. The molecule has 1 aliphatic heterocycles. The fraction of sp³-hybridized carbons (Fsp3) is 0.300. The fourth-order valence-electron chi connectivity index (χ4n) is 2.95. The van der Waals surface area contributed by atoms with Crippen LogP contribution in [0.2, 0.25) is 0 Å². The molecule has 0 atom stereocenters. The Labute approximate surface area is 166 Å². The van der Waals surface area contributed by atoms with Crippen molar-refractivity contribution in [3.05, 3.63) is 54.1 Å². The second-order valence-corrected chi connectivity index (χ2v) is 8.62. The van der Waals surface area contributed by atoms with Crippen molar-refractivity contribution in [3.8, 4) is 0 Å². The number of hydrogen-bond donors (Lipinski definition) is 1. The minimum atomic E-state index is -0.0137. The SMILES string of the molecule is O=C(CSc1nc2ccccc2s1)Nc1ccc(CN2CCOCC2)cc1. The van der Waals surface area contributed by atoms with Crippen LogP contribution < -0.4 is 5.32 Å². The predicted octanol–water partition coefficient (Wildman–Crippen LogP) is 3.86. The molecule has 0 unspecified atom stereocenters. The van der Waals surface area contributed by atoms with E-state index in [1.54, 1.807) is 11.3 Å². The molecule has 5 nitrogen and oxygen atoms in total. The smallest absolute Gasteiger partial charge is 0.234 e. The monoisotopic (exact) mass is 399 g/mol. The summed E-state index contributed by atoms with van der Waals surface area (Å²) in [6.07, 6.45) is 0. The fourth-order valence-corrected chi connectivity index (χ4v) is 4.82. The van der Waals surface area contributed by atoms with Crippen LogP contribution in [0.1, 0.15) is 5.56 Å². The lowest BCUT2D eigenvalue weighted by Gasteiger charge is -2.26. The number of hydrogen-bond acceptors (Lipinski definition) is 6. The lowest BCUT2D eigenvalue weighted by atomic mass is 10.2. The Morgan fingerprint density at radius 3 is 2.70 bits per heavy atom. The van der Waals surface area contributed by atoms with Crippen LogP contribution in [-0.2, 0) is 16.1 Å². The van der Waals surface area contributed by atoms with Gasteiger partial charge in [0.05, 0.1) is 29.2 Å². The van der Waals surface area contributed by atoms with Gasteiger partial charge in [-0.3, -0.25) is 9.69 Å². The maximum absolute atomic E-state index is 12.2. The summed E-state index contributed by atoms with van der Waals surface area (Å²) in [5, 5.41) is 2.96. The van der Waals surface area contributed by atoms with Gasteiger partial charge in [0.15, 0.2) is 4.34 Å². The number of benzene rings is 2. The predicted molar refractivity (Wildman–Crippen MR) is 112 cm³/mol. The molecule has 4 rings (SSSR count). The van der Waals surface area contributed by atoms with Gasteiger partial charge in [-0.15, -0.1) is 11.3 Å². The maximum Gasteiger partial charge on any atom is 0.234 e. The van der Waals surface area contributed by atoms with Gasteiger partial charge in [0, 0.05) is 25.3 Å². The number of fused-ring (bicyclic) bond motifs is 1. The Hall–Kier alpha value is -1.93. The quantitative estimate of drug-likeness (QED) is 0.638. The average molecular weight is 400 g/mol. The van der Waals surface area contributed by atoms with Crippen LogP contribution in [0.25, 0.3) is 10.2 Å². The normalized spacial score (nSPS) is 15.1. The van der Waals surface area contributed by atoms with Gasteiger partial charge in [0.1, 0.15) is 0 Å². The summed E-state index contributed by atoms with van der Waals surface area (Å²) in [5.41, 5.74) is 3.07. The zero-order valence-corrected chi connectivity index (χ0v) is 16.5. The lowest BCUT2D eigenvalue weighted by Crippen LogP contribution is -2.35. The van der Waals surface area contributed by atoms with Crippen LogP contribution in [0.15, 0.2) is 52.9 Å². The molecule has 3 aromatic rings. The number of para-hydroxylation sites is 1. The van der Waals surface area contributed by atoms with Gasteiger partial charge in [-0.05, 0) is 29.8 Å². The van der Waals surface area contributed by atoms with E-state index in [1.807, 2.05) is 30.3 Å². The van der Waals surface area contributed by atoms with E-state index in [1.165, 1.54) is 17.3 Å². The van der Waals surface area contributed by atoms with Crippen LogP contribution in [0.4, 0.5) is 5.69 Å². The summed E-state index contributed by atoms with van der Waals surface area (Å²) in [6, 6.07) is 16.1. The van der Waals surface area contributed by atoms with Crippen molar-refractivity contribution >= 4 is 44.9 Å². The molecule has 2 aromatic carbocycles. The van der Waals surface area contributed by atoms with Crippen molar-refractivity contribution < 1.29 is 9.53 Å². The molecule has 0 aliphatic carbocycles. The minimum absolute atomic E-state index is 0.0137. The number of ether oxygens (including phenoxy) is 1. The van der Waals surface area contributed by atoms with Gasteiger partial charge < -0.3 is 10.1 Å². The van der Waals surface area contributed by atoms with Crippen molar-refractivity contribution in [2.45, 2.75) is 10.9 Å². The molecule has 1 saturated heterocycles. The van der Waals surface area contributed by atoms with Gasteiger partial charge in [0.25, 0.3) is 0 Å². The van der Waals surface area contributed by atoms with Gasteiger partial charge in [0.2, 0.25) is 5.91 Å². The molecule has 0 spiro atoms. The molecular formula is C20H21N3O2S2. The Balaban J connectivity index is 1.27. The number of morpholine rings is 1. The highest BCUT2D eigenvalue weighted by molar-refractivity contribution is 8.01. The summed E-state index contributed by atoms with van der Waals surface area (Å²) >= 11 is 3.10. The van der Waals surface area contributed by atoms with Crippen molar-refractivity contribution in [1.82, 2.24) is 9.88 Å². The molecule has 1 N–H and O–H groups in total. The molecular weight excluding hydrogens is 378 g/mol. The van der Waals surface area contributed by atoms with Crippen LogP contribution in [-0.4, -0.2) is 47.8 Å². The summed E-state index contributed by atoms with van der Waals surface area (Å²) in [6.45, 7) is 4.48. The molecule has 0 saturated carbocycles. The molecule has 1 aromatic heterocycles. The second kappa shape index (κ2) is 8.84. The number of thioether (sulfide) groups is 1. The lowest BCUT2D eigenvalue weighted by molar-refractivity contribution is -0.113. The van der Waals surface area contributed by atoms with Crippen molar-refractivity contribution in [1.29, 1.82) is 0 Å². The van der Waals surface area contributed by atoms with Crippen molar-refractivity contribution in [2.24, 2.45) is 0 Å². The molecule has 1 aliphatic rings. The number of carbonyl (C=O) groups excluding carboxylic acids is 1. The van der Waals surface area contributed by atoms with E-state index in [-0.39, 0.29) is 5.91 Å². The highest BCUT2D eigenvalue weighted by atomic mass is 32.2. The Morgan fingerprint density at radius 2 is 1.93 bits per heavy atom. The number of nitrogens with zero attached hydrogens (tertiary/aromatic N) is 2. The van der Waals surface area contributed by atoms with E-state index in [9.17, 15) is 4.79 Å². The largest absolute Gasteiger partial charge is 0.379 e. The van der Waals surface area contributed by atoms with E-state index >= 15 is 0 Å². The number of anilines is 1. The second-order valence-electron chi connectivity index (χ2n) is 6.37. The number of carbonyl (C=O) groups is 1. The Bertz CT molecular complexity index is 872. The van der Waals surface area contributed by atoms with Gasteiger partial charge in [-0.25, -0.2) is 4.98 Å². The third-order valence-electron chi connectivity index (χ3n) is 4.35. The van der Waals surface area contributed by atoms with Crippen molar-refractivity contribution in [2.75, 3.05) is 37.4 Å². The van der Waals surface area contributed by atoms with E-state index in [4.69, 9.17) is 4.74 Å². The van der Waals surface area contributed by atoms with E-state index in [2.05, 4.69) is 33.4 Å². The van der Waals surface area contributed by atoms with Gasteiger partial charge in [-0.2, -0.15) is 0 Å². The number of aromatic nitrogens is 1. The molecule has 7 heteroatoms. The molecule has 1 amide bonds. The number of nitrogens with one attached hydrogen (secondary N) is 1. The minimum Gasteiger partial charge on any atom is -0.379 e. The third-order valence-corrected chi connectivity index (χ3v) is 6.53. The van der Waals surface area contributed by atoms with Gasteiger partial charge >= 0.3 is 0 Å². The third kappa shape index (κ3) is 5.07. The molecule has 1 fully saturated rings. The maximum atomic E-state index is 12.2. The summed E-state index contributed by atoms with van der Waals surface area (Å²) < 4.78 is 7.45. The van der Waals surface area contributed by atoms with Crippen LogP contribution in [0.5, 0.6) is 0 Å². The average Bonchev–Trinajstić information content (AvgIpc) is 3.12. The highest BCUT2D eigenvalue weighted by Crippen LogP contribution is 2.29. The van der Waals surface area contributed by atoms with Crippen LogP contribution in [0, 0.1) is 0 Å². The molecule has 0 bridgehead atoms. The highest BCUT2D eigenvalue weighted by Gasteiger charge is 2.11. The van der Waals surface area contributed by atoms with Gasteiger partial charge in [-0.1, -0.05) is 36.0 Å². The number of rotatable bonds is 6. The first kappa shape index (κ1) is 18.4. The van der Waals surface area contributed by atoms with E-state index in [0.717, 1.165) is 53.1 Å². The summed E-state index contributed by atoms with van der Waals surface area (Å²) in [5.74, 6) is 0.343. The molecule has 140 valence electrons. The molecule has 0 radical (unpaired) electrons. The van der Waals surface area contributed by atoms with Crippen LogP contribution in [0.3, 0.4) is 0 Å². The molecule has 27 heavy (non-hydrogen) atoms. The standard InChI is InChI=1S/C20H21N3O2S2/c24-19(14-26-20-22-17-3-1-2-4-18(17)27-20)21-16-7-5-15(6-8-16)13-23-9-11-25-12-10-23/h1-8H,9-14H2,(H,21,24). The molecule has 2 heterocycles. The first-order chi connectivity index (χ1) is 13.3. The summed E-state index contributed by atoms with van der Waals surface area (Å²) in [4.78, 5) is 19.2. The zero-order chi connectivity index (χ0) is 18.5. The Morgan fingerprint density at radius 1 is 1.15 bits per heavy atom. The van der Waals surface area contributed by atoms with Crippen molar-refractivity contribution in [3.63, 3.8) is 0 Å². The topological polar surface area (TPSA) is 54.5 Å². The first-order valence-electron chi connectivity index (χ1n) is 8.93. The summed E-state index contributed by atoms with van der Waals surface area (Å²) in [7, 11) is 0. The number of thiazole rings is 1. The zero-order valence-electron chi connectivity index (χ0n) is 14.9. The Kier molecular flexibility index (Phi) is 6.03. The van der Waals surface area contributed by atoms with E-state index in [0.29, 0.717) is 5.75 Å².